The fourth-order valence-corrected chi connectivity index (χ4v) is 1.20. The summed E-state index contributed by atoms with van der Waals surface area (Å²) < 4.78 is 36.0. The molecule has 1 aromatic heterocycles. The largest absolute Gasteiger partial charge is 0.450 e. The highest BCUT2D eigenvalue weighted by Crippen LogP contribution is 2.21. The van der Waals surface area contributed by atoms with Crippen molar-refractivity contribution in [2.45, 2.75) is 12.6 Å². The van der Waals surface area contributed by atoms with Gasteiger partial charge in [-0.05, 0) is 28.1 Å². The molecule has 0 atom stereocenters. The quantitative estimate of drug-likeness (QED) is 0.824. The summed E-state index contributed by atoms with van der Waals surface area (Å²) in [6.45, 7) is 0. The Morgan fingerprint density at radius 3 is 2.64 bits per heavy atom. The molecule has 1 heterocycles. The number of aromatic nitrogens is 1. The third-order valence-corrected chi connectivity index (χ3v) is 2.20. The van der Waals surface area contributed by atoms with Gasteiger partial charge in [-0.15, -0.1) is 0 Å². The molecule has 0 aromatic carbocycles. The molecule has 0 unspecified atom stereocenters. The monoisotopic (exact) mass is 267 g/mol. The van der Waals surface area contributed by atoms with Crippen LogP contribution in [0.1, 0.15) is 5.69 Å². The Morgan fingerprint density at radius 2 is 2.14 bits per heavy atom. The number of nitrogens with zero attached hydrogens (tertiary/aromatic N) is 1. The lowest BCUT2D eigenvalue weighted by atomic mass is 10.2. The van der Waals surface area contributed by atoms with E-state index in [-0.39, 0.29) is 5.69 Å². The molecule has 0 fully saturated rings. The maximum absolute atomic E-state index is 11.9. The summed E-state index contributed by atoms with van der Waals surface area (Å²) in [4.78, 5) is 14.3. The minimum Gasteiger partial charge on any atom is -0.289 e. The van der Waals surface area contributed by atoms with Crippen molar-refractivity contribution in [1.82, 2.24) is 4.98 Å². The molecule has 0 aliphatic carbocycles. The van der Waals surface area contributed by atoms with E-state index in [0.29, 0.717) is 4.47 Å². The zero-order valence-electron chi connectivity index (χ0n) is 6.81. The lowest BCUT2D eigenvalue weighted by Gasteiger charge is -2.05. The number of carbonyl (C=O) groups excluding carboxylic acids is 1. The number of carbonyl (C=O) groups is 1. The summed E-state index contributed by atoms with van der Waals surface area (Å²) >= 11 is 3.01. The molecule has 2 nitrogen and oxygen atoms in total. The summed E-state index contributed by atoms with van der Waals surface area (Å²) in [5.41, 5.74) is 0.0924. The average molecular weight is 268 g/mol. The first-order valence-corrected chi connectivity index (χ1v) is 4.40. The van der Waals surface area contributed by atoms with Gasteiger partial charge in [0.1, 0.15) is 0 Å². The molecule has 0 radical (unpaired) electrons. The van der Waals surface area contributed by atoms with Crippen LogP contribution in [0, 0.1) is 0 Å². The van der Waals surface area contributed by atoms with Crippen LogP contribution in [0.25, 0.3) is 0 Å². The Morgan fingerprint density at radius 1 is 1.50 bits per heavy atom. The Balaban J connectivity index is 2.80. The number of hydrogen-bond acceptors (Lipinski definition) is 2. The second-order valence-electron chi connectivity index (χ2n) is 2.53. The summed E-state index contributed by atoms with van der Waals surface area (Å²) in [7, 11) is 0. The molecule has 14 heavy (non-hydrogen) atoms. The molecule has 1 aromatic rings. The fraction of sp³-hybridized carbons (Fsp3) is 0.250. The molecule has 0 aliphatic rings. The van der Waals surface area contributed by atoms with E-state index >= 15 is 0 Å². The zero-order valence-corrected chi connectivity index (χ0v) is 8.39. The Kier molecular flexibility index (Phi) is 3.25. The van der Waals surface area contributed by atoms with E-state index in [4.69, 9.17) is 0 Å². The van der Waals surface area contributed by atoms with Gasteiger partial charge in [0.15, 0.2) is 0 Å². The Labute approximate surface area is 86.3 Å². The highest BCUT2D eigenvalue weighted by molar-refractivity contribution is 9.10. The fourth-order valence-electron chi connectivity index (χ4n) is 0.801. The normalized spacial score (nSPS) is 11.4. The lowest BCUT2D eigenvalue weighted by Crippen LogP contribution is -2.25. The lowest BCUT2D eigenvalue weighted by molar-refractivity contribution is -0.170. The van der Waals surface area contributed by atoms with Crippen LogP contribution in [0.3, 0.4) is 0 Å². The third kappa shape index (κ3) is 2.80. The van der Waals surface area contributed by atoms with Gasteiger partial charge in [-0.25, -0.2) is 0 Å². The van der Waals surface area contributed by atoms with Gasteiger partial charge in [-0.1, -0.05) is 0 Å². The molecule has 0 spiro atoms. The van der Waals surface area contributed by atoms with Crippen molar-refractivity contribution in [2.75, 3.05) is 0 Å². The van der Waals surface area contributed by atoms with E-state index in [9.17, 15) is 18.0 Å². The predicted octanol–water partition coefficient (Wildman–Crippen LogP) is 2.52. The van der Waals surface area contributed by atoms with Gasteiger partial charge in [-0.2, -0.15) is 13.2 Å². The second-order valence-corrected chi connectivity index (χ2v) is 3.38. The standard InChI is InChI=1S/C8H5BrF3NO/c9-5-2-1-3-13-6(5)4-7(14)8(10,11)12/h1-3H,4H2. The topological polar surface area (TPSA) is 30.0 Å². The Hall–Kier alpha value is -0.910. The molecule has 0 aliphatic heterocycles. The van der Waals surface area contributed by atoms with Crippen molar-refractivity contribution in [1.29, 1.82) is 0 Å². The Bertz CT molecular complexity index is 351. The third-order valence-electron chi connectivity index (χ3n) is 1.48. The molecule has 0 bridgehead atoms. The highest BCUT2D eigenvalue weighted by Gasteiger charge is 2.38. The van der Waals surface area contributed by atoms with Crippen LogP contribution in [0.15, 0.2) is 22.8 Å². The molecule has 0 amide bonds. The first-order valence-electron chi connectivity index (χ1n) is 3.60. The number of hydrogen-bond donors (Lipinski definition) is 0. The molecular weight excluding hydrogens is 263 g/mol. The van der Waals surface area contributed by atoms with Crippen molar-refractivity contribution in [3.8, 4) is 0 Å². The number of rotatable bonds is 2. The molecule has 1 rings (SSSR count). The van der Waals surface area contributed by atoms with E-state index in [1.807, 2.05) is 0 Å². The van der Waals surface area contributed by atoms with Crippen LogP contribution >= 0.6 is 15.9 Å². The zero-order chi connectivity index (χ0) is 10.8. The van der Waals surface area contributed by atoms with Crippen molar-refractivity contribution >= 4 is 21.7 Å². The van der Waals surface area contributed by atoms with E-state index in [1.54, 1.807) is 6.07 Å². The minimum atomic E-state index is -4.79. The average Bonchev–Trinajstić information content (AvgIpc) is 2.07. The van der Waals surface area contributed by atoms with E-state index in [2.05, 4.69) is 20.9 Å². The summed E-state index contributed by atoms with van der Waals surface area (Å²) in [5.74, 6) is -1.79. The van der Waals surface area contributed by atoms with Gasteiger partial charge >= 0.3 is 6.18 Å². The van der Waals surface area contributed by atoms with Crippen LogP contribution in [0.4, 0.5) is 13.2 Å². The van der Waals surface area contributed by atoms with E-state index < -0.39 is 18.4 Å². The molecule has 0 N–H and O–H groups in total. The first-order chi connectivity index (χ1) is 6.41. The number of Topliss-reactive ketones (excluding diaryl/α,β-unsaturated/α-hetero) is 1. The van der Waals surface area contributed by atoms with Gasteiger partial charge in [0.2, 0.25) is 5.78 Å². The van der Waals surface area contributed by atoms with Crippen molar-refractivity contribution < 1.29 is 18.0 Å². The van der Waals surface area contributed by atoms with Crippen molar-refractivity contribution in [3.05, 3.63) is 28.5 Å². The highest BCUT2D eigenvalue weighted by atomic mass is 79.9. The molecule has 0 saturated carbocycles. The number of alkyl halides is 3. The van der Waals surface area contributed by atoms with Crippen molar-refractivity contribution in [2.24, 2.45) is 0 Å². The van der Waals surface area contributed by atoms with Gasteiger partial charge in [-0.3, -0.25) is 9.78 Å². The van der Waals surface area contributed by atoms with Crippen molar-refractivity contribution in [3.63, 3.8) is 0 Å². The molecule has 6 heteroatoms. The maximum atomic E-state index is 11.9. The van der Waals surface area contributed by atoms with Crippen LogP contribution in [-0.2, 0) is 11.2 Å². The SMILES string of the molecule is O=C(Cc1ncccc1Br)C(F)(F)F. The first kappa shape index (κ1) is 11.2. The molecular formula is C8H5BrF3NO. The van der Waals surface area contributed by atoms with E-state index in [0.717, 1.165) is 0 Å². The van der Waals surface area contributed by atoms with Gasteiger partial charge < -0.3 is 0 Å². The maximum Gasteiger partial charge on any atom is 0.450 e. The van der Waals surface area contributed by atoms with Crippen LogP contribution < -0.4 is 0 Å². The molecule has 0 saturated heterocycles. The van der Waals surface area contributed by atoms with Gasteiger partial charge in [0.05, 0.1) is 12.1 Å². The smallest absolute Gasteiger partial charge is 0.289 e. The number of ketones is 1. The summed E-state index contributed by atoms with van der Waals surface area (Å²) in [6.07, 6.45) is -4.19. The van der Waals surface area contributed by atoms with Crippen LogP contribution in [-0.4, -0.2) is 16.9 Å². The van der Waals surface area contributed by atoms with Gasteiger partial charge in [0.25, 0.3) is 0 Å². The van der Waals surface area contributed by atoms with E-state index in [1.165, 1.54) is 12.3 Å². The summed E-state index contributed by atoms with van der Waals surface area (Å²) in [6, 6.07) is 3.09. The number of pyridine rings is 1. The predicted molar refractivity (Wildman–Crippen MR) is 46.7 cm³/mol. The molecule has 76 valence electrons. The van der Waals surface area contributed by atoms with Gasteiger partial charge in [0, 0.05) is 10.7 Å². The minimum absolute atomic E-state index is 0.0924. The summed E-state index contributed by atoms with van der Waals surface area (Å²) in [5, 5.41) is 0. The van der Waals surface area contributed by atoms with Crippen LogP contribution in [0.5, 0.6) is 0 Å². The van der Waals surface area contributed by atoms with Crippen LogP contribution in [0.2, 0.25) is 0 Å². The second kappa shape index (κ2) is 4.08. The number of halogens is 4.